The summed E-state index contributed by atoms with van der Waals surface area (Å²) in [7, 11) is 1.63. The molecule has 0 heterocycles. The van der Waals surface area contributed by atoms with Crippen molar-refractivity contribution in [1.82, 2.24) is 5.32 Å². The number of methoxy groups -OCH3 is 1. The Morgan fingerprint density at radius 3 is 2.46 bits per heavy atom. The molecule has 5 nitrogen and oxygen atoms in total. The third-order valence-corrected chi connectivity index (χ3v) is 3.62. The molecule has 0 saturated heterocycles. The standard InChI is InChI=1S/C20H26N2O3S/c1-14(2)25-17-9-7-8-16(12-17)22-20(26)21-15(3)13-24-19-11-6-5-10-18(19)23-4/h5-12,14-15H,13H2,1-4H3,(H2,21,22,26)/t15-/m0/s1. The first kappa shape index (κ1) is 19.8. The molecule has 2 aromatic carbocycles. The van der Waals surface area contributed by atoms with Crippen LogP contribution in [0, 0.1) is 0 Å². The van der Waals surface area contributed by atoms with Crippen LogP contribution in [0.3, 0.4) is 0 Å². The average molecular weight is 375 g/mol. The van der Waals surface area contributed by atoms with Crippen molar-refractivity contribution < 1.29 is 14.2 Å². The molecule has 0 bridgehead atoms. The van der Waals surface area contributed by atoms with Crippen LogP contribution in [0.5, 0.6) is 17.2 Å². The van der Waals surface area contributed by atoms with Crippen LogP contribution in [0.4, 0.5) is 5.69 Å². The molecular formula is C20H26N2O3S. The third-order valence-electron chi connectivity index (χ3n) is 3.40. The summed E-state index contributed by atoms with van der Waals surface area (Å²) in [6.07, 6.45) is 0.127. The van der Waals surface area contributed by atoms with Gasteiger partial charge in [-0.2, -0.15) is 0 Å². The molecule has 0 fully saturated rings. The summed E-state index contributed by atoms with van der Waals surface area (Å²) in [5.41, 5.74) is 0.874. The van der Waals surface area contributed by atoms with E-state index in [1.807, 2.05) is 69.3 Å². The molecule has 2 aromatic rings. The van der Waals surface area contributed by atoms with Gasteiger partial charge in [0.25, 0.3) is 0 Å². The fraction of sp³-hybridized carbons (Fsp3) is 0.350. The maximum atomic E-state index is 5.81. The van der Waals surface area contributed by atoms with Gasteiger partial charge in [0.05, 0.1) is 19.3 Å². The summed E-state index contributed by atoms with van der Waals surface area (Å²) in [5.74, 6) is 2.23. The van der Waals surface area contributed by atoms with E-state index < -0.39 is 0 Å². The van der Waals surface area contributed by atoms with Gasteiger partial charge in [-0.1, -0.05) is 18.2 Å². The lowest BCUT2D eigenvalue weighted by molar-refractivity contribution is 0.242. The number of benzene rings is 2. The average Bonchev–Trinajstić information content (AvgIpc) is 2.59. The number of hydrogen-bond donors (Lipinski definition) is 2. The molecule has 2 N–H and O–H groups in total. The van der Waals surface area contributed by atoms with Gasteiger partial charge in [0.2, 0.25) is 0 Å². The zero-order valence-electron chi connectivity index (χ0n) is 15.6. The molecule has 140 valence electrons. The molecular weight excluding hydrogens is 348 g/mol. The number of thiocarbonyl (C=S) groups is 1. The first-order valence-electron chi connectivity index (χ1n) is 8.58. The Morgan fingerprint density at radius 2 is 1.77 bits per heavy atom. The lowest BCUT2D eigenvalue weighted by Gasteiger charge is -2.19. The molecule has 0 unspecified atom stereocenters. The predicted octanol–water partition coefficient (Wildman–Crippen LogP) is 4.24. The molecule has 26 heavy (non-hydrogen) atoms. The van der Waals surface area contributed by atoms with Gasteiger partial charge in [-0.05, 0) is 57.3 Å². The first-order valence-corrected chi connectivity index (χ1v) is 8.99. The monoisotopic (exact) mass is 374 g/mol. The largest absolute Gasteiger partial charge is 0.493 e. The maximum Gasteiger partial charge on any atom is 0.171 e. The Morgan fingerprint density at radius 1 is 1.04 bits per heavy atom. The number of anilines is 1. The molecule has 0 spiro atoms. The Kier molecular flexibility index (Phi) is 7.53. The van der Waals surface area contributed by atoms with Crippen LogP contribution in [0.1, 0.15) is 20.8 Å². The molecule has 0 saturated carbocycles. The fourth-order valence-corrected chi connectivity index (χ4v) is 2.62. The topological polar surface area (TPSA) is 51.8 Å². The molecule has 0 radical (unpaired) electrons. The quantitative estimate of drug-likeness (QED) is 0.674. The maximum absolute atomic E-state index is 5.81. The van der Waals surface area contributed by atoms with Gasteiger partial charge in [0, 0.05) is 11.8 Å². The van der Waals surface area contributed by atoms with E-state index in [0.717, 1.165) is 11.4 Å². The second kappa shape index (κ2) is 9.87. The minimum absolute atomic E-state index is 0.0232. The molecule has 0 amide bonds. The van der Waals surface area contributed by atoms with E-state index in [1.165, 1.54) is 0 Å². The molecule has 0 aliphatic rings. The summed E-state index contributed by atoms with van der Waals surface area (Å²) in [4.78, 5) is 0. The Labute approximate surface area is 160 Å². The molecule has 0 aromatic heterocycles. The molecule has 6 heteroatoms. The van der Waals surface area contributed by atoms with Gasteiger partial charge >= 0.3 is 0 Å². The fourth-order valence-electron chi connectivity index (χ4n) is 2.30. The number of ether oxygens (including phenoxy) is 3. The van der Waals surface area contributed by atoms with E-state index >= 15 is 0 Å². The SMILES string of the molecule is COc1ccccc1OC[C@H](C)NC(=S)Nc1cccc(OC(C)C)c1. The second-order valence-corrected chi connectivity index (χ2v) is 6.56. The van der Waals surface area contributed by atoms with Crippen LogP contribution in [0.15, 0.2) is 48.5 Å². The Balaban J connectivity index is 1.83. The zero-order chi connectivity index (χ0) is 18.9. The summed E-state index contributed by atoms with van der Waals surface area (Å²) in [6.45, 7) is 6.45. The van der Waals surface area contributed by atoms with Gasteiger partial charge in [-0.25, -0.2) is 0 Å². The van der Waals surface area contributed by atoms with Gasteiger partial charge in [-0.3, -0.25) is 0 Å². The van der Waals surface area contributed by atoms with E-state index in [0.29, 0.717) is 23.2 Å². The van der Waals surface area contributed by atoms with Crippen LogP contribution >= 0.6 is 12.2 Å². The molecule has 0 aliphatic carbocycles. The molecule has 0 aliphatic heterocycles. The summed E-state index contributed by atoms with van der Waals surface area (Å²) in [5, 5.41) is 6.91. The van der Waals surface area contributed by atoms with Crippen molar-refractivity contribution in [2.45, 2.75) is 32.9 Å². The van der Waals surface area contributed by atoms with Gasteiger partial charge < -0.3 is 24.8 Å². The Hall–Kier alpha value is -2.47. The highest BCUT2D eigenvalue weighted by Crippen LogP contribution is 2.25. The normalized spacial score (nSPS) is 11.6. The smallest absolute Gasteiger partial charge is 0.171 e. The van der Waals surface area contributed by atoms with Crippen LogP contribution in [-0.4, -0.2) is 31.0 Å². The van der Waals surface area contributed by atoms with Crippen molar-refractivity contribution in [2.75, 3.05) is 19.0 Å². The number of para-hydroxylation sites is 2. The number of nitrogens with one attached hydrogen (secondary N) is 2. The minimum Gasteiger partial charge on any atom is -0.493 e. The summed E-state index contributed by atoms with van der Waals surface area (Å²) in [6, 6.07) is 15.3. The second-order valence-electron chi connectivity index (χ2n) is 6.16. The van der Waals surface area contributed by atoms with E-state index in [2.05, 4.69) is 10.6 Å². The summed E-state index contributed by atoms with van der Waals surface area (Å²) >= 11 is 5.38. The van der Waals surface area contributed by atoms with Crippen molar-refractivity contribution in [1.29, 1.82) is 0 Å². The van der Waals surface area contributed by atoms with E-state index in [9.17, 15) is 0 Å². The molecule has 2 rings (SSSR count). The molecule has 1 atom stereocenters. The van der Waals surface area contributed by atoms with Crippen LogP contribution in [0.2, 0.25) is 0 Å². The lowest BCUT2D eigenvalue weighted by Crippen LogP contribution is -2.39. The minimum atomic E-state index is 0.0232. The van der Waals surface area contributed by atoms with Crippen LogP contribution in [0.25, 0.3) is 0 Å². The van der Waals surface area contributed by atoms with E-state index in [-0.39, 0.29) is 12.1 Å². The Bertz CT molecular complexity index is 722. The van der Waals surface area contributed by atoms with Crippen LogP contribution < -0.4 is 24.8 Å². The zero-order valence-corrected chi connectivity index (χ0v) is 16.4. The highest BCUT2D eigenvalue weighted by atomic mass is 32.1. The lowest BCUT2D eigenvalue weighted by atomic mass is 10.3. The van der Waals surface area contributed by atoms with Gasteiger partial charge in [0.1, 0.15) is 12.4 Å². The van der Waals surface area contributed by atoms with E-state index in [1.54, 1.807) is 7.11 Å². The highest BCUT2D eigenvalue weighted by molar-refractivity contribution is 7.80. The van der Waals surface area contributed by atoms with Crippen molar-refractivity contribution >= 4 is 23.0 Å². The highest BCUT2D eigenvalue weighted by Gasteiger charge is 2.09. The predicted molar refractivity (Wildman–Crippen MR) is 110 cm³/mol. The van der Waals surface area contributed by atoms with Gasteiger partial charge in [-0.15, -0.1) is 0 Å². The van der Waals surface area contributed by atoms with Gasteiger partial charge in [0.15, 0.2) is 16.6 Å². The number of hydrogen-bond acceptors (Lipinski definition) is 4. The van der Waals surface area contributed by atoms with Crippen molar-refractivity contribution in [3.05, 3.63) is 48.5 Å². The van der Waals surface area contributed by atoms with Crippen molar-refractivity contribution in [3.8, 4) is 17.2 Å². The third kappa shape index (κ3) is 6.44. The van der Waals surface area contributed by atoms with Crippen molar-refractivity contribution in [3.63, 3.8) is 0 Å². The number of rotatable bonds is 8. The van der Waals surface area contributed by atoms with E-state index in [4.69, 9.17) is 26.4 Å². The first-order chi connectivity index (χ1) is 12.5. The summed E-state index contributed by atoms with van der Waals surface area (Å²) < 4.78 is 16.8. The van der Waals surface area contributed by atoms with Crippen LogP contribution in [-0.2, 0) is 0 Å². The van der Waals surface area contributed by atoms with Crippen molar-refractivity contribution in [2.24, 2.45) is 0 Å².